The number of likely N-dealkylation sites (tertiary alicyclic amines) is 2. The van der Waals surface area contributed by atoms with Gasteiger partial charge in [-0.25, -0.2) is 0 Å². The zero-order chi connectivity index (χ0) is 15.9. The smallest absolute Gasteiger partial charge is 0.219 e. The molecule has 2 fully saturated rings. The lowest BCUT2D eigenvalue weighted by Gasteiger charge is -2.34. The van der Waals surface area contributed by atoms with Crippen LogP contribution >= 0.6 is 0 Å². The predicted octanol–water partition coefficient (Wildman–Crippen LogP) is 0.927. The van der Waals surface area contributed by atoms with Crippen LogP contribution in [-0.2, 0) is 4.79 Å². The van der Waals surface area contributed by atoms with E-state index in [1.54, 1.807) is 6.92 Å². The molecule has 5 nitrogen and oxygen atoms in total. The number of rotatable bonds is 6. The van der Waals surface area contributed by atoms with Crippen LogP contribution in [0.25, 0.3) is 0 Å². The molecule has 22 heavy (non-hydrogen) atoms. The van der Waals surface area contributed by atoms with E-state index in [2.05, 4.69) is 10.2 Å². The molecule has 0 spiro atoms. The SMILES string of the molecule is CC(=O)N1CCC(CNCC2CCN(C[C@H](C)O)CC2)CC1. The van der Waals surface area contributed by atoms with E-state index in [0.717, 1.165) is 70.5 Å². The van der Waals surface area contributed by atoms with E-state index >= 15 is 0 Å². The van der Waals surface area contributed by atoms with Crippen molar-refractivity contribution in [3.8, 4) is 0 Å². The van der Waals surface area contributed by atoms with E-state index in [1.807, 2.05) is 11.8 Å². The van der Waals surface area contributed by atoms with Crippen molar-refractivity contribution in [1.29, 1.82) is 0 Å². The zero-order valence-corrected chi connectivity index (χ0v) is 14.3. The summed E-state index contributed by atoms with van der Waals surface area (Å²) in [4.78, 5) is 15.7. The third kappa shape index (κ3) is 5.86. The Balaban J connectivity index is 1.54. The van der Waals surface area contributed by atoms with Crippen LogP contribution in [0.4, 0.5) is 0 Å². The van der Waals surface area contributed by atoms with E-state index in [9.17, 15) is 9.90 Å². The summed E-state index contributed by atoms with van der Waals surface area (Å²) >= 11 is 0. The number of hydrogen-bond donors (Lipinski definition) is 2. The lowest BCUT2D eigenvalue weighted by Crippen LogP contribution is -2.42. The molecule has 5 heteroatoms. The number of aliphatic hydroxyl groups excluding tert-OH is 1. The Kier molecular flexibility index (Phi) is 7.12. The number of nitrogens with one attached hydrogen (secondary N) is 1. The third-order valence-electron chi connectivity index (χ3n) is 5.16. The van der Waals surface area contributed by atoms with Gasteiger partial charge in [0.25, 0.3) is 0 Å². The average Bonchev–Trinajstić information content (AvgIpc) is 2.49. The quantitative estimate of drug-likeness (QED) is 0.766. The molecule has 0 aromatic heterocycles. The standard InChI is InChI=1S/C17H33N3O2/c1-14(21)13-19-7-3-16(4-8-19)11-18-12-17-5-9-20(10-6-17)15(2)22/h14,16-18,21H,3-13H2,1-2H3/t14-/m0/s1. The summed E-state index contributed by atoms with van der Waals surface area (Å²) in [5.74, 6) is 1.73. The number of hydrogen-bond acceptors (Lipinski definition) is 4. The molecule has 0 aliphatic carbocycles. The molecule has 2 heterocycles. The number of carbonyl (C=O) groups is 1. The summed E-state index contributed by atoms with van der Waals surface area (Å²) in [6.45, 7) is 10.7. The normalized spacial score (nSPS) is 23.7. The Morgan fingerprint density at radius 3 is 2.05 bits per heavy atom. The highest BCUT2D eigenvalue weighted by Gasteiger charge is 2.22. The Bertz CT molecular complexity index is 333. The Hall–Kier alpha value is -0.650. The predicted molar refractivity (Wildman–Crippen MR) is 88.7 cm³/mol. The summed E-state index contributed by atoms with van der Waals surface area (Å²) in [5, 5.41) is 13.1. The van der Waals surface area contributed by atoms with Gasteiger partial charge in [-0.2, -0.15) is 0 Å². The van der Waals surface area contributed by atoms with E-state index < -0.39 is 0 Å². The number of β-amino-alcohol motifs (C(OH)–C–C–N with tert-alkyl or cyclic N) is 1. The van der Waals surface area contributed by atoms with Gasteiger partial charge >= 0.3 is 0 Å². The number of nitrogens with zero attached hydrogens (tertiary/aromatic N) is 2. The van der Waals surface area contributed by atoms with E-state index in [1.165, 1.54) is 12.8 Å². The second-order valence-electron chi connectivity index (χ2n) is 7.20. The van der Waals surface area contributed by atoms with Crippen molar-refractivity contribution in [2.24, 2.45) is 11.8 Å². The molecule has 2 rings (SSSR count). The molecule has 2 aliphatic rings. The second-order valence-corrected chi connectivity index (χ2v) is 7.20. The number of amides is 1. The van der Waals surface area contributed by atoms with Gasteiger partial charge in [0.15, 0.2) is 0 Å². The molecule has 0 unspecified atom stereocenters. The molecule has 128 valence electrons. The topological polar surface area (TPSA) is 55.8 Å². The summed E-state index contributed by atoms with van der Waals surface area (Å²) in [6.07, 6.45) is 4.54. The highest BCUT2D eigenvalue weighted by atomic mass is 16.3. The fourth-order valence-corrected chi connectivity index (χ4v) is 3.69. The first-order valence-corrected chi connectivity index (χ1v) is 8.91. The van der Waals surface area contributed by atoms with Gasteiger partial charge < -0.3 is 20.2 Å². The first-order valence-electron chi connectivity index (χ1n) is 8.91. The molecule has 2 N–H and O–H groups in total. The Labute approximate surface area is 135 Å². The van der Waals surface area contributed by atoms with Crippen molar-refractivity contribution >= 4 is 5.91 Å². The Morgan fingerprint density at radius 2 is 1.59 bits per heavy atom. The summed E-state index contributed by atoms with van der Waals surface area (Å²) in [6, 6.07) is 0. The monoisotopic (exact) mass is 311 g/mol. The molecule has 2 aliphatic heterocycles. The molecular formula is C17H33N3O2. The van der Waals surface area contributed by atoms with Crippen LogP contribution in [0.1, 0.15) is 39.5 Å². The van der Waals surface area contributed by atoms with Crippen molar-refractivity contribution in [2.45, 2.75) is 45.6 Å². The fourth-order valence-electron chi connectivity index (χ4n) is 3.69. The zero-order valence-electron chi connectivity index (χ0n) is 14.3. The lowest BCUT2D eigenvalue weighted by atomic mass is 9.94. The van der Waals surface area contributed by atoms with Crippen molar-refractivity contribution in [1.82, 2.24) is 15.1 Å². The van der Waals surface area contributed by atoms with E-state index in [-0.39, 0.29) is 12.0 Å². The minimum absolute atomic E-state index is 0.212. The van der Waals surface area contributed by atoms with Crippen molar-refractivity contribution in [3.05, 3.63) is 0 Å². The molecule has 1 atom stereocenters. The molecule has 0 radical (unpaired) electrons. The summed E-state index contributed by atoms with van der Waals surface area (Å²) in [5.41, 5.74) is 0. The van der Waals surface area contributed by atoms with Crippen LogP contribution in [0.3, 0.4) is 0 Å². The minimum Gasteiger partial charge on any atom is -0.392 e. The molecule has 0 saturated carbocycles. The second kappa shape index (κ2) is 8.85. The maximum Gasteiger partial charge on any atom is 0.219 e. The number of aliphatic hydroxyl groups is 1. The molecule has 0 aromatic carbocycles. The van der Waals surface area contributed by atoms with Crippen LogP contribution in [0.2, 0.25) is 0 Å². The van der Waals surface area contributed by atoms with Gasteiger partial charge in [-0.1, -0.05) is 0 Å². The maximum atomic E-state index is 11.3. The van der Waals surface area contributed by atoms with Gasteiger partial charge in [-0.15, -0.1) is 0 Å². The highest BCUT2D eigenvalue weighted by molar-refractivity contribution is 5.73. The van der Waals surface area contributed by atoms with Crippen molar-refractivity contribution in [2.75, 3.05) is 45.8 Å². The molecule has 1 amide bonds. The first-order chi connectivity index (χ1) is 10.5. The average molecular weight is 311 g/mol. The van der Waals surface area contributed by atoms with Crippen LogP contribution in [0, 0.1) is 11.8 Å². The number of carbonyl (C=O) groups excluding carboxylic acids is 1. The largest absolute Gasteiger partial charge is 0.392 e. The van der Waals surface area contributed by atoms with Gasteiger partial charge in [0.2, 0.25) is 5.91 Å². The third-order valence-corrected chi connectivity index (χ3v) is 5.16. The summed E-state index contributed by atoms with van der Waals surface area (Å²) < 4.78 is 0. The van der Waals surface area contributed by atoms with Crippen LogP contribution in [0.5, 0.6) is 0 Å². The van der Waals surface area contributed by atoms with Gasteiger partial charge in [-0.3, -0.25) is 4.79 Å². The van der Waals surface area contributed by atoms with Gasteiger partial charge in [0, 0.05) is 26.6 Å². The van der Waals surface area contributed by atoms with Gasteiger partial charge in [-0.05, 0) is 70.6 Å². The van der Waals surface area contributed by atoms with Crippen molar-refractivity contribution < 1.29 is 9.90 Å². The van der Waals surface area contributed by atoms with Crippen LogP contribution in [-0.4, -0.2) is 72.7 Å². The molecule has 0 bridgehead atoms. The van der Waals surface area contributed by atoms with E-state index in [0.29, 0.717) is 0 Å². The lowest BCUT2D eigenvalue weighted by molar-refractivity contribution is -0.130. The van der Waals surface area contributed by atoms with Crippen LogP contribution in [0.15, 0.2) is 0 Å². The summed E-state index contributed by atoms with van der Waals surface area (Å²) in [7, 11) is 0. The Morgan fingerprint density at radius 1 is 1.09 bits per heavy atom. The van der Waals surface area contributed by atoms with Crippen molar-refractivity contribution in [3.63, 3.8) is 0 Å². The fraction of sp³-hybridized carbons (Fsp3) is 0.941. The number of piperidine rings is 2. The first kappa shape index (κ1) is 17.7. The minimum atomic E-state index is -0.212. The van der Waals surface area contributed by atoms with Gasteiger partial charge in [0.05, 0.1) is 6.10 Å². The molecule has 2 saturated heterocycles. The highest BCUT2D eigenvalue weighted by Crippen LogP contribution is 2.18. The van der Waals surface area contributed by atoms with Crippen LogP contribution < -0.4 is 5.32 Å². The molecular weight excluding hydrogens is 278 g/mol. The maximum absolute atomic E-state index is 11.3. The van der Waals surface area contributed by atoms with Gasteiger partial charge in [0.1, 0.15) is 0 Å². The van der Waals surface area contributed by atoms with E-state index in [4.69, 9.17) is 0 Å². The molecule has 0 aromatic rings.